The maximum absolute atomic E-state index is 10.6. The van der Waals surface area contributed by atoms with E-state index in [0.29, 0.717) is 12.2 Å². The first-order chi connectivity index (χ1) is 4.22. The Bertz CT molecular complexity index is 134. The minimum atomic E-state index is -0.347. The van der Waals surface area contributed by atoms with E-state index in [2.05, 4.69) is 4.74 Å². The summed E-state index contributed by atoms with van der Waals surface area (Å²) in [6.07, 6.45) is 1.23. The van der Waals surface area contributed by atoms with Crippen molar-refractivity contribution in [2.45, 2.75) is 13.8 Å². The molecule has 0 unspecified atom stereocenters. The molecule has 60 valence electrons. The molecule has 4 heteroatoms. The molecule has 0 atom stereocenters. The molecule has 2 N–H and O–H groups in total. The summed E-state index contributed by atoms with van der Waals surface area (Å²) in [4.78, 5) is 10.6. The Labute approximate surface area is 66.6 Å². The molecule has 0 aromatic rings. The van der Waals surface area contributed by atoms with Gasteiger partial charge < -0.3 is 10.5 Å². The van der Waals surface area contributed by atoms with Gasteiger partial charge in [-0.25, -0.2) is 4.79 Å². The van der Waals surface area contributed by atoms with E-state index in [1.54, 1.807) is 13.8 Å². The highest BCUT2D eigenvalue weighted by atomic mass is 35.5. The van der Waals surface area contributed by atoms with Crippen LogP contribution < -0.4 is 5.73 Å². The molecular weight excluding hydrogens is 154 g/mol. The quantitative estimate of drug-likeness (QED) is 0.487. The number of carbonyl (C=O) groups is 1. The molecule has 0 saturated carbocycles. The third-order valence-corrected chi connectivity index (χ3v) is 0.847. The molecule has 10 heavy (non-hydrogen) atoms. The predicted molar refractivity (Wildman–Crippen MR) is 41.8 cm³/mol. The second-order valence-corrected chi connectivity index (χ2v) is 1.57. The molecule has 0 aliphatic carbocycles. The van der Waals surface area contributed by atoms with Crippen molar-refractivity contribution in [3.63, 3.8) is 0 Å². The van der Waals surface area contributed by atoms with Crippen LogP contribution in [0.1, 0.15) is 13.8 Å². The average Bonchev–Trinajstić information content (AvgIpc) is 1.87. The first-order valence-corrected chi connectivity index (χ1v) is 2.78. The Kier molecular flexibility index (Phi) is 7.72. The Morgan fingerprint density at radius 2 is 2.20 bits per heavy atom. The average molecular weight is 166 g/mol. The highest BCUT2D eigenvalue weighted by Crippen LogP contribution is 1.91. The molecule has 0 aromatic heterocycles. The third-order valence-electron chi connectivity index (χ3n) is 0.847. The van der Waals surface area contributed by atoms with E-state index in [1.807, 2.05) is 0 Å². The summed E-state index contributed by atoms with van der Waals surface area (Å²) in [5.41, 5.74) is 5.48. The SMILES string of the molecule is CCOC(=O)/C(C)=C/N.Cl. The van der Waals surface area contributed by atoms with Crippen LogP contribution in [0.25, 0.3) is 0 Å². The molecular formula is C6H12ClNO2. The molecule has 0 aromatic carbocycles. The van der Waals surface area contributed by atoms with E-state index in [1.165, 1.54) is 6.20 Å². The lowest BCUT2D eigenvalue weighted by Gasteiger charge is -1.98. The molecule has 0 radical (unpaired) electrons. The summed E-state index contributed by atoms with van der Waals surface area (Å²) in [6.45, 7) is 3.75. The highest BCUT2D eigenvalue weighted by Gasteiger charge is 2.00. The number of esters is 1. The molecule has 0 rings (SSSR count). The van der Waals surface area contributed by atoms with Crippen LogP contribution in [0.15, 0.2) is 11.8 Å². The minimum absolute atomic E-state index is 0. The Morgan fingerprint density at radius 1 is 1.70 bits per heavy atom. The zero-order valence-electron chi connectivity index (χ0n) is 6.09. The van der Waals surface area contributed by atoms with E-state index in [-0.39, 0.29) is 18.4 Å². The maximum Gasteiger partial charge on any atom is 0.335 e. The van der Waals surface area contributed by atoms with Crippen LogP contribution in [0, 0.1) is 0 Å². The van der Waals surface area contributed by atoms with Crippen LogP contribution in [0.4, 0.5) is 0 Å². The van der Waals surface area contributed by atoms with Gasteiger partial charge in [0.2, 0.25) is 0 Å². The fraction of sp³-hybridized carbons (Fsp3) is 0.500. The molecule has 3 nitrogen and oxygen atoms in total. The lowest BCUT2D eigenvalue weighted by atomic mass is 10.3. The normalized spacial score (nSPS) is 10.0. The third kappa shape index (κ3) is 4.21. The first kappa shape index (κ1) is 12.0. The van der Waals surface area contributed by atoms with E-state index in [4.69, 9.17) is 5.73 Å². The van der Waals surface area contributed by atoms with Crippen LogP contribution in [-0.4, -0.2) is 12.6 Å². The number of carbonyl (C=O) groups excluding carboxylic acids is 1. The topological polar surface area (TPSA) is 52.3 Å². The Hall–Kier alpha value is -0.700. The van der Waals surface area contributed by atoms with E-state index >= 15 is 0 Å². The van der Waals surface area contributed by atoms with Crippen molar-refractivity contribution < 1.29 is 9.53 Å². The van der Waals surface area contributed by atoms with Gasteiger partial charge in [-0.1, -0.05) is 0 Å². The van der Waals surface area contributed by atoms with Crippen molar-refractivity contribution in [2.24, 2.45) is 5.73 Å². The van der Waals surface area contributed by atoms with Crippen LogP contribution in [0.2, 0.25) is 0 Å². The first-order valence-electron chi connectivity index (χ1n) is 2.78. The molecule has 0 saturated heterocycles. The molecule has 0 heterocycles. The standard InChI is InChI=1S/C6H11NO2.ClH/c1-3-9-6(8)5(2)4-7;/h4H,3,7H2,1-2H3;1H/b5-4+;. The summed E-state index contributed by atoms with van der Waals surface area (Å²) in [6, 6.07) is 0. The Morgan fingerprint density at radius 3 is 2.50 bits per heavy atom. The van der Waals surface area contributed by atoms with Gasteiger partial charge in [0.05, 0.1) is 6.61 Å². The van der Waals surface area contributed by atoms with Crippen molar-refractivity contribution in [3.05, 3.63) is 11.8 Å². The number of nitrogens with two attached hydrogens (primary N) is 1. The van der Waals surface area contributed by atoms with Crippen LogP contribution in [0.5, 0.6) is 0 Å². The number of halogens is 1. The van der Waals surface area contributed by atoms with Crippen molar-refractivity contribution in [2.75, 3.05) is 6.61 Å². The van der Waals surface area contributed by atoms with Crippen LogP contribution >= 0.6 is 12.4 Å². The van der Waals surface area contributed by atoms with Crippen molar-refractivity contribution in [3.8, 4) is 0 Å². The fourth-order valence-electron chi connectivity index (χ4n) is 0.313. The summed E-state index contributed by atoms with van der Waals surface area (Å²) >= 11 is 0. The van der Waals surface area contributed by atoms with Crippen molar-refractivity contribution in [1.82, 2.24) is 0 Å². The Balaban J connectivity index is 0. The van der Waals surface area contributed by atoms with Gasteiger partial charge in [-0.3, -0.25) is 0 Å². The minimum Gasteiger partial charge on any atom is -0.463 e. The van der Waals surface area contributed by atoms with Gasteiger partial charge >= 0.3 is 5.97 Å². The molecule has 0 fully saturated rings. The lowest BCUT2D eigenvalue weighted by molar-refractivity contribution is -0.138. The molecule has 0 spiro atoms. The van der Waals surface area contributed by atoms with Gasteiger partial charge in [0.15, 0.2) is 0 Å². The van der Waals surface area contributed by atoms with Crippen LogP contribution in [-0.2, 0) is 9.53 Å². The van der Waals surface area contributed by atoms with Crippen molar-refractivity contribution in [1.29, 1.82) is 0 Å². The van der Waals surface area contributed by atoms with Gasteiger partial charge in [0.25, 0.3) is 0 Å². The highest BCUT2D eigenvalue weighted by molar-refractivity contribution is 5.87. The van der Waals surface area contributed by atoms with Crippen molar-refractivity contribution >= 4 is 18.4 Å². The summed E-state index contributed by atoms with van der Waals surface area (Å²) in [5.74, 6) is -0.347. The van der Waals surface area contributed by atoms with Crippen LogP contribution in [0.3, 0.4) is 0 Å². The van der Waals surface area contributed by atoms with E-state index < -0.39 is 0 Å². The van der Waals surface area contributed by atoms with Gasteiger partial charge in [-0.15, -0.1) is 12.4 Å². The van der Waals surface area contributed by atoms with Gasteiger partial charge in [0.1, 0.15) is 0 Å². The molecule has 0 amide bonds. The second kappa shape index (κ2) is 6.42. The summed E-state index contributed by atoms with van der Waals surface area (Å²) in [7, 11) is 0. The van der Waals surface area contributed by atoms with Gasteiger partial charge in [0, 0.05) is 11.8 Å². The number of hydrogen-bond donors (Lipinski definition) is 1. The number of rotatable bonds is 2. The zero-order valence-corrected chi connectivity index (χ0v) is 6.90. The maximum atomic E-state index is 10.6. The number of ether oxygens (including phenoxy) is 1. The lowest BCUT2D eigenvalue weighted by Crippen LogP contribution is -2.06. The second-order valence-electron chi connectivity index (χ2n) is 1.57. The van der Waals surface area contributed by atoms with Gasteiger partial charge in [-0.2, -0.15) is 0 Å². The number of hydrogen-bond acceptors (Lipinski definition) is 3. The van der Waals surface area contributed by atoms with Gasteiger partial charge in [-0.05, 0) is 13.8 Å². The summed E-state index contributed by atoms with van der Waals surface area (Å²) in [5, 5.41) is 0. The fourth-order valence-corrected chi connectivity index (χ4v) is 0.313. The predicted octanol–water partition coefficient (Wildman–Crippen LogP) is 0.834. The smallest absolute Gasteiger partial charge is 0.335 e. The monoisotopic (exact) mass is 165 g/mol. The largest absolute Gasteiger partial charge is 0.463 e. The zero-order chi connectivity index (χ0) is 7.28. The summed E-state index contributed by atoms with van der Waals surface area (Å²) < 4.78 is 4.61. The molecule has 0 aliphatic heterocycles. The van der Waals surface area contributed by atoms with E-state index in [9.17, 15) is 4.79 Å². The van der Waals surface area contributed by atoms with E-state index in [0.717, 1.165) is 0 Å². The molecule has 0 bridgehead atoms. The molecule has 0 aliphatic rings.